The summed E-state index contributed by atoms with van der Waals surface area (Å²) in [5.74, 6) is 0. The summed E-state index contributed by atoms with van der Waals surface area (Å²) in [5.41, 5.74) is 1.37. The topological polar surface area (TPSA) is 104 Å². The molecule has 0 radical (unpaired) electrons. The van der Waals surface area contributed by atoms with Crippen LogP contribution in [0.15, 0.2) is 34.1 Å². The van der Waals surface area contributed by atoms with Gasteiger partial charge in [0.2, 0.25) is 10.0 Å². The molecule has 8 nitrogen and oxygen atoms in total. The molecule has 1 aliphatic heterocycles. The van der Waals surface area contributed by atoms with Crippen LogP contribution in [-0.4, -0.2) is 39.0 Å². The van der Waals surface area contributed by atoms with Crippen molar-refractivity contribution in [3.05, 3.63) is 45.6 Å². The zero-order valence-electron chi connectivity index (χ0n) is 14.8. The summed E-state index contributed by atoms with van der Waals surface area (Å²) in [5, 5.41) is 4.64. The van der Waals surface area contributed by atoms with Gasteiger partial charge in [0, 0.05) is 13.6 Å². The minimum Gasteiger partial charge on any atom is -0.306 e. The average Bonchev–Trinajstić information content (AvgIpc) is 3.04. The third-order valence-corrected chi connectivity index (χ3v) is 7.25. The van der Waals surface area contributed by atoms with Crippen molar-refractivity contribution in [3.63, 3.8) is 0 Å². The standard InChI is InChI=1S/C17H20ClN5O3S/c1-22-16(12(18)10-19-22)15-5-3-2-4-8-23(15)27(25,26)11-6-7-13-14(9-11)21-17(24)20-13/h6-7,9-10,15H,2-5,8H2,1H3,(H2,20,21,24). The normalized spacial score (nSPS) is 19.4. The zero-order valence-corrected chi connectivity index (χ0v) is 16.3. The molecular weight excluding hydrogens is 390 g/mol. The van der Waals surface area contributed by atoms with Crippen LogP contribution in [0.3, 0.4) is 0 Å². The number of halogens is 1. The van der Waals surface area contributed by atoms with Gasteiger partial charge >= 0.3 is 5.69 Å². The predicted octanol–water partition coefficient (Wildman–Crippen LogP) is 2.55. The van der Waals surface area contributed by atoms with Crippen molar-refractivity contribution in [1.29, 1.82) is 0 Å². The van der Waals surface area contributed by atoms with Crippen molar-refractivity contribution in [2.24, 2.45) is 7.05 Å². The molecule has 0 bridgehead atoms. The van der Waals surface area contributed by atoms with Crippen LogP contribution in [0.1, 0.15) is 37.4 Å². The third-order valence-electron chi connectivity index (χ3n) is 5.05. The number of hydrogen-bond acceptors (Lipinski definition) is 4. The Morgan fingerprint density at radius 3 is 2.70 bits per heavy atom. The van der Waals surface area contributed by atoms with E-state index in [0.29, 0.717) is 34.7 Å². The molecule has 0 amide bonds. The van der Waals surface area contributed by atoms with Gasteiger partial charge in [0.05, 0.1) is 38.9 Å². The fourth-order valence-corrected chi connectivity index (χ4v) is 5.72. The molecule has 2 aromatic heterocycles. The van der Waals surface area contributed by atoms with E-state index in [-0.39, 0.29) is 16.6 Å². The summed E-state index contributed by atoms with van der Waals surface area (Å²) < 4.78 is 30.1. The Morgan fingerprint density at radius 1 is 1.19 bits per heavy atom. The van der Waals surface area contributed by atoms with Gasteiger partial charge in [-0.25, -0.2) is 13.2 Å². The lowest BCUT2D eigenvalue weighted by Crippen LogP contribution is -2.35. The van der Waals surface area contributed by atoms with Crippen molar-refractivity contribution in [3.8, 4) is 0 Å². The number of aromatic amines is 2. The van der Waals surface area contributed by atoms with E-state index < -0.39 is 10.0 Å². The smallest absolute Gasteiger partial charge is 0.306 e. The highest BCUT2D eigenvalue weighted by atomic mass is 35.5. The Balaban J connectivity index is 1.81. The van der Waals surface area contributed by atoms with Gasteiger partial charge in [-0.15, -0.1) is 0 Å². The van der Waals surface area contributed by atoms with Crippen molar-refractivity contribution < 1.29 is 8.42 Å². The lowest BCUT2D eigenvalue weighted by molar-refractivity contribution is 0.315. The number of hydrogen-bond donors (Lipinski definition) is 2. The Hall–Kier alpha value is -2.10. The summed E-state index contributed by atoms with van der Waals surface area (Å²) in [6, 6.07) is 4.24. The highest BCUT2D eigenvalue weighted by Gasteiger charge is 2.36. The van der Waals surface area contributed by atoms with Gasteiger partial charge < -0.3 is 9.97 Å². The molecule has 1 fully saturated rings. The number of fused-ring (bicyclic) bond motifs is 1. The van der Waals surface area contributed by atoms with Crippen LogP contribution >= 0.6 is 11.6 Å². The fraction of sp³-hybridized carbons (Fsp3) is 0.412. The summed E-state index contributed by atoms with van der Waals surface area (Å²) in [6.07, 6.45) is 4.89. The summed E-state index contributed by atoms with van der Waals surface area (Å²) in [4.78, 5) is 16.9. The number of benzene rings is 1. The quantitative estimate of drug-likeness (QED) is 0.693. The van der Waals surface area contributed by atoms with E-state index in [0.717, 1.165) is 19.3 Å². The predicted molar refractivity (Wildman–Crippen MR) is 102 cm³/mol. The van der Waals surface area contributed by atoms with Crippen molar-refractivity contribution in [2.75, 3.05) is 6.54 Å². The Labute approximate surface area is 161 Å². The minimum absolute atomic E-state index is 0.149. The molecule has 1 saturated heterocycles. The average molecular weight is 410 g/mol. The van der Waals surface area contributed by atoms with Gasteiger partial charge in [-0.1, -0.05) is 24.4 Å². The second-order valence-corrected chi connectivity index (χ2v) is 9.07. The van der Waals surface area contributed by atoms with Crippen LogP contribution in [0, 0.1) is 0 Å². The summed E-state index contributed by atoms with van der Waals surface area (Å²) >= 11 is 6.33. The van der Waals surface area contributed by atoms with E-state index in [4.69, 9.17) is 11.6 Å². The third kappa shape index (κ3) is 3.19. The first-order valence-electron chi connectivity index (χ1n) is 8.79. The van der Waals surface area contributed by atoms with Gasteiger partial charge in [0.15, 0.2) is 0 Å². The second-order valence-electron chi connectivity index (χ2n) is 6.77. The number of aryl methyl sites for hydroxylation is 1. The first kappa shape index (κ1) is 18.3. The van der Waals surface area contributed by atoms with Crippen molar-refractivity contribution in [2.45, 2.75) is 36.6 Å². The van der Waals surface area contributed by atoms with Gasteiger partial charge in [0.25, 0.3) is 0 Å². The number of H-pyrrole nitrogens is 2. The molecule has 3 heterocycles. The second kappa shape index (κ2) is 6.81. The van der Waals surface area contributed by atoms with Crippen molar-refractivity contribution >= 4 is 32.7 Å². The van der Waals surface area contributed by atoms with Gasteiger partial charge in [-0.2, -0.15) is 9.40 Å². The summed E-state index contributed by atoms with van der Waals surface area (Å²) in [6.45, 7) is 0.413. The van der Waals surface area contributed by atoms with E-state index in [1.807, 2.05) is 0 Å². The minimum atomic E-state index is -3.78. The largest absolute Gasteiger partial charge is 0.323 e. The molecule has 1 atom stereocenters. The van der Waals surface area contributed by atoms with Crippen LogP contribution in [0.5, 0.6) is 0 Å². The van der Waals surface area contributed by atoms with E-state index in [1.54, 1.807) is 24.0 Å². The molecule has 1 aliphatic rings. The monoisotopic (exact) mass is 409 g/mol. The zero-order chi connectivity index (χ0) is 19.2. The molecule has 144 valence electrons. The molecule has 0 spiro atoms. The molecule has 27 heavy (non-hydrogen) atoms. The van der Waals surface area contributed by atoms with Crippen molar-refractivity contribution in [1.82, 2.24) is 24.1 Å². The fourth-order valence-electron chi connectivity index (χ4n) is 3.75. The van der Waals surface area contributed by atoms with E-state index >= 15 is 0 Å². The number of nitrogens with zero attached hydrogens (tertiary/aromatic N) is 3. The maximum absolute atomic E-state index is 13.5. The number of sulfonamides is 1. The highest BCUT2D eigenvalue weighted by Crippen LogP contribution is 2.37. The van der Waals surface area contributed by atoms with Crippen LogP contribution < -0.4 is 5.69 Å². The van der Waals surface area contributed by atoms with Gasteiger partial charge in [0.1, 0.15) is 0 Å². The number of imidazole rings is 1. The lowest BCUT2D eigenvalue weighted by Gasteiger charge is -2.29. The molecule has 2 N–H and O–H groups in total. The molecule has 1 aromatic carbocycles. The van der Waals surface area contributed by atoms with Gasteiger partial charge in [-0.3, -0.25) is 4.68 Å². The molecular formula is C17H20ClN5O3S. The highest BCUT2D eigenvalue weighted by molar-refractivity contribution is 7.89. The van der Waals surface area contributed by atoms with Crippen LogP contribution in [0.25, 0.3) is 11.0 Å². The maximum atomic E-state index is 13.5. The van der Waals surface area contributed by atoms with Gasteiger partial charge in [-0.05, 0) is 31.0 Å². The Kier molecular flexibility index (Phi) is 4.61. The Morgan fingerprint density at radius 2 is 1.96 bits per heavy atom. The number of nitrogens with one attached hydrogen (secondary N) is 2. The molecule has 3 aromatic rings. The van der Waals surface area contributed by atoms with Crippen LogP contribution in [-0.2, 0) is 17.1 Å². The maximum Gasteiger partial charge on any atom is 0.323 e. The van der Waals surface area contributed by atoms with E-state index in [2.05, 4.69) is 15.1 Å². The number of aromatic nitrogens is 4. The first-order chi connectivity index (χ1) is 12.9. The molecule has 1 unspecified atom stereocenters. The number of rotatable bonds is 3. The lowest BCUT2D eigenvalue weighted by atomic mass is 10.1. The van der Waals surface area contributed by atoms with E-state index in [1.165, 1.54) is 16.4 Å². The Bertz CT molecular complexity index is 1130. The van der Waals surface area contributed by atoms with Crippen LogP contribution in [0.4, 0.5) is 0 Å². The molecule has 0 saturated carbocycles. The summed E-state index contributed by atoms with van der Waals surface area (Å²) in [7, 11) is -2.01. The molecule has 4 rings (SSSR count). The molecule has 0 aliphatic carbocycles. The van der Waals surface area contributed by atoms with E-state index in [9.17, 15) is 13.2 Å². The first-order valence-corrected chi connectivity index (χ1v) is 10.6. The SMILES string of the molecule is Cn1ncc(Cl)c1C1CCCCCN1S(=O)(=O)c1ccc2[nH]c(=O)[nH]c2c1. The van der Waals surface area contributed by atoms with Crippen LogP contribution in [0.2, 0.25) is 5.02 Å². The molecule has 10 heteroatoms.